The van der Waals surface area contributed by atoms with Crippen molar-refractivity contribution in [3.8, 4) is 5.75 Å². The molecule has 0 fully saturated rings. The highest BCUT2D eigenvalue weighted by molar-refractivity contribution is 6.35. The molecule has 0 heterocycles. The van der Waals surface area contributed by atoms with E-state index in [2.05, 4.69) is 10.6 Å². The Morgan fingerprint density at radius 3 is 2.40 bits per heavy atom. The van der Waals surface area contributed by atoms with Crippen LogP contribution in [0.4, 0.5) is 5.69 Å². The highest BCUT2D eigenvalue weighted by atomic mass is 35.5. The second-order valence-electron chi connectivity index (χ2n) is 6.45. The van der Waals surface area contributed by atoms with Crippen LogP contribution in [0.2, 0.25) is 10.0 Å². The van der Waals surface area contributed by atoms with E-state index in [1.807, 2.05) is 30.3 Å². The molecule has 0 aliphatic carbocycles. The molecule has 5 nitrogen and oxygen atoms in total. The Labute approximate surface area is 185 Å². The Morgan fingerprint density at radius 1 is 0.900 bits per heavy atom. The molecule has 2 amide bonds. The zero-order chi connectivity index (χ0) is 21.3. The van der Waals surface area contributed by atoms with Gasteiger partial charge in [-0.15, -0.1) is 0 Å². The van der Waals surface area contributed by atoms with E-state index >= 15 is 0 Å². The third-order valence-electron chi connectivity index (χ3n) is 4.24. The molecule has 0 aliphatic heterocycles. The number of hydrogen-bond acceptors (Lipinski definition) is 3. The zero-order valence-electron chi connectivity index (χ0n) is 16.0. The molecular weight excluding hydrogens is 423 g/mol. The fourth-order valence-electron chi connectivity index (χ4n) is 2.77. The predicted molar refractivity (Wildman–Crippen MR) is 120 cm³/mol. The Bertz CT molecular complexity index is 1030. The summed E-state index contributed by atoms with van der Waals surface area (Å²) < 4.78 is 5.44. The van der Waals surface area contributed by atoms with E-state index in [0.29, 0.717) is 33.6 Å². The summed E-state index contributed by atoms with van der Waals surface area (Å²) in [6, 6.07) is 21.4. The lowest BCUT2D eigenvalue weighted by molar-refractivity contribution is -0.118. The van der Waals surface area contributed by atoms with Crippen molar-refractivity contribution in [1.82, 2.24) is 5.32 Å². The van der Waals surface area contributed by atoms with Gasteiger partial charge in [0.05, 0.1) is 16.3 Å². The number of benzene rings is 3. The van der Waals surface area contributed by atoms with Crippen LogP contribution in [-0.4, -0.2) is 25.0 Å². The van der Waals surface area contributed by atoms with Crippen molar-refractivity contribution in [3.05, 3.63) is 94.0 Å². The quantitative estimate of drug-likeness (QED) is 0.516. The summed E-state index contributed by atoms with van der Waals surface area (Å²) >= 11 is 11.9. The Morgan fingerprint density at radius 2 is 1.63 bits per heavy atom. The van der Waals surface area contributed by atoms with Crippen molar-refractivity contribution in [1.29, 1.82) is 0 Å². The van der Waals surface area contributed by atoms with Gasteiger partial charge in [-0.1, -0.05) is 65.7 Å². The molecule has 3 aromatic carbocycles. The normalized spacial score (nSPS) is 10.3. The lowest BCUT2D eigenvalue weighted by Crippen LogP contribution is -2.28. The first-order valence-electron chi connectivity index (χ1n) is 9.32. The first-order chi connectivity index (χ1) is 14.5. The summed E-state index contributed by atoms with van der Waals surface area (Å²) in [6.07, 6.45) is 0.719. The van der Waals surface area contributed by atoms with Gasteiger partial charge in [0.1, 0.15) is 5.75 Å². The number of halogens is 2. The van der Waals surface area contributed by atoms with Gasteiger partial charge in [-0.3, -0.25) is 9.59 Å². The number of para-hydroxylation sites is 1. The summed E-state index contributed by atoms with van der Waals surface area (Å²) in [5, 5.41) is 6.38. The van der Waals surface area contributed by atoms with Crippen LogP contribution in [0.1, 0.15) is 15.9 Å². The highest BCUT2D eigenvalue weighted by Crippen LogP contribution is 2.27. The van der Waals surface area contributed by atoms with Crippen LogP contribution in [0.15, 0.2) is 72.8 Å². The van der Waals surface area contributed by atoms with Crippen LogP contribution >= 0.6 is 23.2 Å². The number of rotatable bonds is 8. The summed E-state index contributed by atoms with van der Waals surface area (Å²) in [4.78, 5) is 24.9. The Balaban J connectivity index is 1.56. The molecule has 0 saturated carbocycles. The van der Waals surface area contributed by atoms with Gasteiger partial charge in [-0.05, 0) is 42.3 Å². The number of carbonyl (C=O) groups is 2. The number of ether oxygens (including phenoxy) is 1. The molecule has 0 aromatic heterocycles. The number of amides is 2. The minimum Gasteiger partial charge on any atom is -0.482 e. The van der Waals surface area contributed by atoms with Gasteiger partial charge in [0, 0.05) is 11.6 Å². The van der Waals surface area contributed by atoms with Crippen molar-refractivity contribution in [2.24, 2.45) is 0 Å². The van der Waals surface area contributed by atoms with Crippen molar-refractivity contribution in [3.63, 3.8) is 0 Å². The topological polar surface area (TPSA) is 67.4 Å². The van der Waals surface area contributed by atoms with Gasteiger partial charge >= 0.3 is 0 Å². The standard InChI is InChI=1S/C23H20Cl2N2O3/c24-17-10-11-21(19(25)14-17)30-15-22(28)27-20-9-5-4-8-18(20)23(29)26-13-12-16-6-2-1-3-7-16/h1-11,14H,12-13,15H2,(H,26,29)(H,27,28). The lowest BCUT2D eigenvalue weighted by atomic mass is 10.1. The molecule has 2 N–H and O–H groups in total. The maximum Gasteiger partial charge on any atom is 0.262 e. The molecular formula is C23H20Cl2N2O3. The van der Waals surface area contributed by atoms with E-state index in [-0.39, 0.29) is 12.5 Å². The summed E-state index contributed by atoms with van der Waals surface area (Å²) in [5.74, 6) is -0.322. The second-order valence-corrected chi connectivity index (χ2v) is 7.29. The second kappa shape index (κ2) is 10.7. The average molecular weight is 443 g/mol. The first kappa shape index (κ1) is 21.7. The fraction of sp³-hybridized carbons (Fsp3) is 0.130. The van der Waals surface area contributed by atoms with Gasteiger partial charge in [0.25, 0.3) is 11.8 Å². The third kappa shape index (κ3) is 6.24. The van der Waals surface area contributed by atoms with Crippen LogP contribution < -0.4 is 15.4 Å². The van der Waals surface area contributed by atoms with Gasteiger partial charge in [0.2, 0.25) is 0 Å². The lowest BCUT2D eigenvalue weighted by Gasteiger charge is -2.12. The number of nitrogens with one attached hydrogen (secondary N) is 2. The van der Waals surface area contributed by atoms with Crippen LogP contribution in [0, 0.1) is 0 Å². The van der Waals surface area contributed by atoms with E-state index in [0.717, 1.165) is 12.0 Å². The number of hydrogen-bond donors (Lipinski definition) is 2. The van der Waals surface area contributed by atoms with Crippen LogP contribution in [-0.2, 0) is 11.2 Å². The maximum atomic E-state index is 12.6. The summed E-state index contributed by atoms with van der Waals surface area (Å²) in [6.45, 7) is 0.231. The Kier molecular flexibility index (Phi) is 7.71. The van der Waals surface area contributed by atoms with Gasteiger partial charge in [0.15, 0.2) is 6.61 Å². The number of carbonyl (C=O) groups excluding carboxylic acids is 2. The van der Waals surface area contributed by atoms with Gasteiger partial charge in [-0.2, -0.15) is 0 Å². The van der Waals surface area contributed by atoms with Crippen molar-refractivity contribution in [2.75, 3.05) is 18.5 Å². The molecule has 30 heavy (non-hydrogen) atoms. The molecule has 3 aromatic rings. The molecule has 0 aliphatic rings. The average Bonchev–Trinajstić information content (AvgIpc) is 2.74. The largest absolute Gasteiger partial charge is 0.482 e. The smallest absolute Gasteiger partial charge is 0.262 e. The van der Waals surface area contributed by atoms with E-state index in [1.165, 1.54) is 6.07 Å². The molecule has 0 saturated heterocycles. The fourth-order valence-corrected chi connectivity index (χ4v) is 3.24. The molecule has 7 heteroatoms. The third-order valence-corrected chi connectivity index (χ3v) is 4.77. The van der Waals surface area contributed by atoms with Crippen LogP contribution in [0.25, 0.3) is 0 Å². The van der Waals surface area contributed by atoms with Gasteiger partial charge in [-0.25, -0.2) is 0 Å². The SMILES string of the molecule is O=C(COc1ccc(Cl)cc1Cl)Nc1ccccc1C(=O)NCCc1ccccc1. The van der Waals surface area contributed by atoms with Gasteiger partial charge < -0.3 is 15.4 Å². The zero-order valence-corrected chi connectivity index (χ0v) is 17.5. The summed E-state index contributed by atoms with van der Waals surface area (Å²) in [7, 11) is 0. The van der Waals surface area contributed by atoms with Crippen molar-refractivity contribution < 1.29 is 14.3 Å². The first-order valence-corrected chi connectivity index (χ1v) is 10.1. The highest BCUT2D eigenvalue weighted by Gasteiger charge is 2.14. The van der Waals surface area contributed by atoms with Crippen molar-refractivity contribution in [2.45, 2.75) is 6.42 Å². The van der Waals surface area contributed by atoms with Crippen LogP contribution in [0.3, 0.4) is 0 Å². The van der Waals surface area contributed by atoms with E-state index in [9.17, 15) is 9.59 Å². The molecule has 0 radical (unpaired) electrons. The molecule has 3 rings (SSSR count). The van der Waals surface area contributed by atoms with E-state index < -0.39 is 5.91 Å². The molecule has 0 atom stereocenters. The summed E-state index contributed by atoms with van der Waals surface area (Å²) in [5.41, 5.74) is 1.92. The predicted octanol–water partition coefficient (Wildman–Crippen LogP) is 4.98. The molecule has 154 valence electrons. The van der Waals surface area contributed by atoms with Crippen LogP contribution in [0.5, 0.6) is 5.75 Å². The van der Waals surface area contributed by atoms with E-state index in [1.54, 1.807) is 36.4 Å². The van der Waals surface area contributed by atoms with E-state index in [4.69, 9.17) is 27.9 Å². The minimum absolute atomic E-state index is 0.259. The minimum atomic E-state index is -0.412. The Hall–Kier alpha value is -3.02. The molecule has 0 spiro atoms. The monoisotopic (exact) mass is 442 g/mol. The molecule has 0 bridgehead atoms. The van der Waals surface area contributed by atoms with Crippen molar-refractivity contribution >= 4 is 40.7 Å². The maximum absolute atomic E-state index is 12.6. The molecule has 0 unspecified atom stereocenters. The number of anilines is 1.